The van der Waals surface area contributed by atoms with E-state index in [4.69, 9.17) is 20.2 Å². The van der Waals surface area contributed by atoms with Crippen LogP contribution in [-0.2, 0) is 22.5 Å². The lowest BCUT2D eigenvalue weighted by molar-refractivity contribution is -0.0542. The predicted molar refractivity (Wildman–Crippen MR) is 107 cm³/mol. The third-order valence-electron chi connectivity index (χ3n) is 5.33. The molecule has 26 heavy (non-hydrogen) atoms. The molecule has 0 spiro atoms. The number of nitrogens with zero attached hydrogens (tertiary/aromatic N) is 3. The summed E-state index contributed by atoms with van der Waals surface area (Å²) < 4.78 is 11.5. The van der Waals surface area contributed by atoms with E-state index in [-0.39, 0.29) is 5.60 Å². The number of morpholine rings is 1. The third-order valence-corrected chi connectivity index (χ3v) is 7.26. The quantitative estimate of drug-likeness (QED) is 0.617. The van der Waals surface area contributed by atoms with Crippen LogP contribution in [0.25, 0.3) is 10.2 Å². The molecule has 1 saturated heterocycles. The third kappa shape index (κ3) is 3.71. The van der Waals surface area contributed by atoms with Crippen molar-refractivity contribution in [3.8, 4) is 0 Å². The number of hydrogen-bond acceptors (Lipinski definition) is 8. The van der Waals surface area contributed by atoms with Crippen LogP contribution in [0.1, 0.15) is 30.7 Å². The van der Waals surface area contributed by atoms with Crippen molar-refractivity contribution in [2.75, 3.05) is 44.3 Å². The summed E-state index contributed by atoms with van der Waals surface area (Å²) in [5, 5.41) is 1.83. The molecule has 6 nitrogen and oxygen atoms in total. The van der Waals surface area contributed by atoms with Crippen molar-refractivity contribution in [2.24, 2.45) is 0 Å². The fourth-order valence-corrected chi connectivity index (χ4v) is 5.48. The number of fused-ring (bicyclic) bond motifs is 3. The molecule has 0 bridgehead atoms. The lowest BCUT2D eigenvalue weighted by Gasteiger charge is -2.33. The van der Waals surface area contributed by atoms with Gasteiger partial charge in [0.05, 0.1) is 30.8 Å². The van der Waals surface area contributed by atoms with E-state index < -0.39 is 0 Å². The van der Waals surface area contributed by atoms with Crippen molar-refractivity contribution in [1.29, 1.82) is 0 Å². The Balaban J connectivity index is 1.50. The molecule has 8 heteroatoms. The first-order valence-corrected chi connectivity index (χ1v) is 11.0. The summed E-state index contributed by atoms with van der Waals surface area (Å²) in [7, 11) is 0. The van der Waals surface area contributed by atoms with Gasteiger partial charge in [0.15, 0.2) is 5.16 Å². The molecular formula is C18H26N4O2S2. The van der Waals surface area contributed by atoms with Crippen molar-refractivity contribution < 1.29 is 9.47 Å². The molecule has 142 valence electrons. The molecule has 0 radical (unpaired) electrons. The van der Waals surface area contributed by atoms with E-state index in [2.05, 4.69) is 23.7 Å². The molecule has 2 aliphatic rings. The zero-order valence-electron chi connectivity index (χ0n) is 15.4. The molecule has 1 fully saturated rings. The van der Waals surface area contributed by atoms with Crippen molar-refractivity contribution >= 4 is 39.1 Å². The number of anilines is 1. The summed E-state index contributed by atoms with van der Waals surface area (Å²) in [4.78, 5) is 14.1. The summed E-state index contributed by atoms with van der Waals surface area (Å²) in [5.41, 5.74) is 7.53. The molecule has 0 aliphatic carbocycles. The molecule has 4 heterocycles. The maximum atomic E-state index is 6.34. The smallest absolute Gasteiger partial charge is 0.190 e. The molecule has 2 aromatic heterocycles. The van der Waals surface area contributed by atoms with E-state index in [0.29, 0.717) is 12.4 Å². The largest absolute Gasteiger partial charge is 0.383 e. The van der Waals surface area contributed by atoms with Gasteiger partial charge in [0.2, 0.25) is 0 Å². The molecule has 1 unspecified atom stereocenters. The Bertz CT molecular complexity index is 791. The van der Waals surface area contributed by atoms with E-state index >= 15 is 0 Å². The molecule has 0 saturated carbocycles. The number of thioether (sulfide) groups is 1. The van der Waals surface area contributed by atoms with Crippen LogP contribution in [0, 0.1) is 0 Å². The van der Waals surface area contributed by atoms with Crippen LogP contribution in [-0.4, -0.2) is 59.1 Å². The van der Waals surface area contributed by atoms with Crippen LogP contribution < -0.4 is 5.73 Å². The molecule has 0 amide bonds. The van der Waals surface area contributed by atoms with E-state index in [1.165, 1.54) is 10.4 Å². The molecule has 2 N–H and O–H groups in total. The summed E-state index contributed by atoms with van der Waals surface area (Å²) in [5.74, 6) is 1.58. The highest BCUT2D eigenvalue weighted by Crippen LogP contribution is 2.41. The lowest BCUT2D eigenvalue weighted by Crippen LogP contribution is -2.37. The van der Waals surface area contributed by atoms with Gasteiger partial charge in [-0.1, -0.05) is 18.7 Å². The Morgan fingerprint density at radius 1 is 1.31 bits per heavy atom. The van der Waals surface area contributed by atoms with E-state index in [1.807, 2.05) is 0 Å². The van der Waals surface area contributed by atoms with Gasteiger partial charge in [0, 0.05) is 36.7 Å². The highest BCUT2D eigenvalue weighted by atomic mass is 32.2. The summed E-state index contributed by atoms with van der Waals surface area (Å²) in [6, 6.07) is 0. The normalized spacial score (nSPS) is 24.1. The van der Waals surface area contributed by atoms with Crippen molar-refractivity contribution in [3.63, 3.8) is 0 Å². The zero-order chi connectivity index (χ0) is 18.1. The Labute approximate surface area is 162 Å². The second-order valence-electron chi connectivity index (χ2n) is 7.15. The zero-order valence-corrected chi connectivity index (χ0v) is 17.0. The van der Waals surface area contributed by atoms with Gasteiger partial charge >= 0.3 is 0 Å². The number of hydrogen-bond donors (Lipinski definition) is 1. The van der Waals surface area contributed by atoms with Crippen LogP contribution in [0.2, 0.25) is 0 Å². The molecular weight excluding hydrogens is 368 g/mol. The average Bonchev–Trinajstić information content (AvgIpc) is 3.00. The Morgan fingerprint density at radius 3 is 2.88 bits per heavy atom. The number of rotatable bonds is 5. The van der Waals surface area contributed by atoms with Gasteiger partial charge in [-0.2, -0.15) is 0 Å². The Hall–Kier alpha value is -0.930. The van der Waals surface area contributed by atoms with Gasteiger partial charge < -0.3 is 15.2 Å². The van der Waals surface area contributed by atoms with E-state index in [1.54, 1.807) is 23.1 Å². The van der Waals surface area contributed by atoms with Crippen LogP contribution in [0.5, 0.6) is 0 Å². The van der Waals surface area contributed by atoms with Gasteiger partial charge in [0.1, 0.15) is 10.6 Å². The van der Waals surface area contributed by atoms with Crippen LogP contribution >= 0.6 is 23.1 Å². The second kappa shape index (κ2) is 7.59. The van der Waals surface area contributed by atoms with E-state index in [9.17, 15) is 0 Å². The van der Waals surface area contributed by atoms with Gasteiger partial charge in [-0.25, -0.2) is 9.97 Å². The van der Waals surface area contributed by atoms with Crippen LogP contribution in [0.15, 0.2) is 5.16 Å². The standard InChI is InChI=1S/C18H26N4O2S2/c1-3-18(2)10-12-13(11-24-18)26-16-14(12)15(19)20-17(21-16)25-9-6-22-4-7-23-8-5-22/h3-11H2,1-2H3,(H2,19,20,21). The first-order valence-electron chi connectivity index (χ1n) is 9.22. The molecule has 4 rings (SSSR count). The number of thiophene rings is 1. The van der Waals surface area contributed by atoms with Crippen LogP contribution in [0.3, 0.4) is 0 Å². The SMILES string of the molecule is CCC1(C)Cc2c(sc3nc(SCCN4CCOCC4)nc(N)c23)CO1. The van der Waals surface area contributed by atoms with Gasteiger partial charge in [0.25, 0.3) is 0 Å². The fourth-order valence-electron chi connectivity index (χ4n) is 3.46. The lowest BCUT2D eigenvalue weighted by atomic mass is 9.90. The first-order chi connectivity index (χ1) is 12.6. The molecule has 0 aromatic carbocycles. The predicted octanol–water partition coefficient (Wildman–Crippen LogP) is 2.94. The van der Waals surface area contributed by atoms with Crippen molar-refractivity contribution in [1.82, 2.24) is 14.9 Å². The minimum absolute atomic E-state index is 0.112. The Morgan fingerprint density at radius 2 is 2.12 bits per heavy atom. The highest BCUT2D eigenvalue weighted by Gasteiger charge is 2.33. The topological polar surface area (TPSA) is 73.5 Å². The second-order valence-corrected chi connectivity index (χ2v) is 9.29. The summed E-state index contributed by atoms with van der Waals surface area (Å²) in [6.45, 7) is 9.71. The number of nitrogens with two attached hydrogens (primary N) is 1. The van der Waals surface area contributed by atoms with Gasteiger partial charge in [-0.3, -0.25) is 4.90 Å². The molecule has 2 aliphatic heterocycles. The molecule has 1 atom stereocenters. The Kier molecular flexibility index (Phi) is 5.38. The molecule has 2 aromatic rings. The van der Waals surface area contributed by atoms with Crippen molar-refractivity contribution in [3.05, 3.63) is 10.4 Å². The summed E-state index contributed by atoms with van der Waals surface area (Å²) in [6.07, 6.45) is 1.87. The minimum Gasteiger partial charge on any atom is -0.383 e. The maximum Gasteiger partial charge on any atom is 0.190 e. The minimum atomic E-state index is -0.112. The van der Waals surface area contributed by atoms with Crippen molar-refractivity contribution in [2.45, 2.75) is 44.1 Å². The van der Waals surface area contributed by atoms with Crippen LogP contribution in [0.4, 0.5) is 5.82 Å². The van der Waals surface area contributed by atoms with Gasteiger partial charge in [-0.05, 0) is 18.9 Å². The first kappa shape index (κ1) is 18.4. The number of ether oxygens (including phenoxy) is 2. The highest BCUT2D eigenvalue weighted by molar-refractivity contribution is 7.99. The monoisotopic (exact) mass is 394 g/mol. The van der Waals surface area contributed by atoms with Gasteiger partial charge in [-0.15, -0.1) is 11.3 Å². The fraction of sp³-hybridized carbons (Fsp3) is 0.667. The summed E-state index contributed by atoms with van der Waals surface area (Å²) >= 11 is 3.39. The maximum absolute atomic E-state index is 6.34. The average molecular weight is 395 g/mol. The van der Waals surface area contributed by atoms with E-state index in [0.717, 1.165) is 66.8 Å². The number of aromatic nitrogens is 2. The number of nitrogen functional groups attached to an aromatic ring is 1.